The van der Waals surface area contributed by atoms with Crippen LogP contribution in [0.25, 0.3) is 0 Å². The van der Waals surface area contributed by atoms with E-state index in [-0.39, 0.29) is 12.3 Å². The van der Waals surface area contributed by atoms with Gasteiger partial charge in [0.1, 0.15) is 0 Å². The molecule has 0 unspecified atom stereocenters. The molecule has 6 heteroatoms. The maximum atomic E-state index is 12.4. The van der Waals surface area contributed by atoms with Crippen molar-refractivity contribution in [2.24, 2.45) is 0 Å². The van der Waals surface area contributed by atoms with Crippen LogP contribution in [0.1, 0.15) is 36.8 Å². The second-order valence-corrected chi connectivity index (χ2v) is 7.79. The first-order chi connectivity index (χ1) is 9.86. The fourth-order valence-corrected chi connectivity index (χ4v) is 4.07. The first kappa shape index (κ1) is 16.0. The summed E-state index contributed by atoms with van der Waals surface area (Å²) >= 11 is 0. The van der Waals surface area contributed by atoms with Crippen molar-refractivity contribution in [1.82, 2.24) is 4.31 Å². The molecule has 1 aliphatic rings. The quantitative estimate of drug-likeness (QED) is 0.896. The van der Waals surface area contributed by atoms with Gasteiger partial charge in [-0.25, -0.2) is 12.7 Å². The van der Waals surface area contributed by atoms with Gasteiger partial charge in [0.2, 0.25) is 10.0 Å². The van der Waals surface area contributed by atoms with E-state index in [2.05, 4.69) is 0 Å². The Labute approximate surface area is 125 Å². The van der Waals surface area contributed by atoms with Crippen molar-refractivity contribution in [3.63, 3.8) is 0 Å². The Hall–Kier alpha value is -1.42. The third-order valence-corrected chi connectivity index (χ3v) is 5.76. The van der Waals surface area contributed by atoms with Crippen LogP contribution in [0.2, 0.25) is 0 Å². The van der Waals surface area contributed by atoms with Crippen LogP contribution < -0.4 is 0 Å². The van der Waals surface area contributed by atoms with Crippen molar-refractivity contribution >= 4 is 10.0 Å². The molecule has 0 atom stereocenters. The lowest BCUT2D eigenvalue weighted by atomic mass is 10.0. The van der Waals surface area contributed by atoms with Gasteiger partial charge in [-0.3, -0.25) is 0 Å². The fraction of sp³-hybridized carbons (Fsp3) is 0.533. The Morgan fingerprint density at radius 2 is 1.95 bits per heavy atom. The number of sulfonamides is 1. The summed E-state index contributed by atoms with van der Waals surface area (Å²) in [7, 11) is -2.06. The van der Waals surface area contributed by atoms with Crippen LogP contribution >= 0.6 is 0 Å². The van der Waals surface area contributed by atoms with Crippen LogP contribution in [0.5, 0.6) is 0 Å². The second-order valence-electron chi connectivity index (χ2n) is 5.71. The van der Waals surface area contributed by atoms with Crippen LogP contribution in [-0.4, -0.2) is 37.0 Å². The Balaban J connectivity index is 2.12. The number of rotatable bonds is 5. The summed E-state index contributed by atoms with van der Waals surface area (Å²) < 4.78 is 26.0. The molecule has 0 amide bonds. The number of hydrogen-bond donors (Lipinski definition) is 1. The molecule has 0 spiro atoms. The third kappa shape index (κ3) is 3.82. The predicted octanol–water partition coefficient (Wildman–Crippen LogP) is 1.62. The maximum absolute atomic E-state index is 12.4. The van der Waals surface area contributed by atoms with Crippen LogP contribution in [0.3, 0.4) is 0 Å². The summed E-state index contributed by atoms with van der Waals surface area (Å²) in [5.41, 5.74) is -0.0457. The molecule has 0 radical (unpaired) electrons. The van der Waals surface area contributed by atoms with Gasteiger partial charge in [-0.2, -0.15) is 5.26 Å². The molecule has 0 aromatic heterocycles. The summed E-state index contributed by atoms with van der Waals surface area (Å²) in [6.45, 7) is 0.115. The standard InChI is InChI=1S/C15H20N2O3S/c1-17(12-15(18)8-4-5-9-15)21(19,20)11-14-7-3-2-6-13(14)10-16/h2-3,6-7,18H,4-5,8-9,11-12H2,1H3. The average Bonchev–Trinajstić information content (AvgIpc) is 2.85. The largest absolute Gasteiger partial charge is 0.389 e. The summed E-state index contributed by atoms with van der Waals surface area (Å²) in [6.07, 6.45) is 3.15. The van der Waals surface area contributed by atoms with Gasteiger partial charge in [0.15, 0.2) is 0 Å². The Morgan fingerprint density at radius 3 is 2.57 bits per heavy atom. The van der Waals surface area contributed by atoms with E-state index in [0.717, 1.165) is 12.8 Å². The van der Waals surface area contributed by atoms with Crippen molar-refractivity contribution in [2.75, 3.05) is 13.6 Å². The zero-order valence-corrected chi connectivity index (χ0v) is 12.9. The Kier molecular flexibility index (Phi) is 4.67. The molecule has 1 aliphatic carbocycles. The molecule has 0 aliphatic heterocycles. The van der Waals surface area contributed by atoms with E-state index in [0.29, 0.717) is 24.0 Å². The van der Waals surface area contributed by atoms with E-state index >= 15 is 0 Å². The van der Waals surface area contributed by atoms with Gasteiger partial charge >= 0.3 is 0 Å². The zero-order valence-electron chi connectivity index (χ0n) is 12.1. The number of aliphatic hydroxyl groups is 1. The molecule has 5 nitrogen and oxygen atoms in total. The second kappa shape index (κ2) is 6.14. The van der Waals surface area contributed by atoms with Gasteiger partial charge < -0.3 is 5.11 Å². The van der Waals surface area contributed by atoms with E-state index in [1.807, 2.05) is 6.07 Å². The number of hydrogen-bond acceptors (Lipinski definition) is 4. The Bertz CT molecular complexity index is 643. The molecule has 0 saturated heterocycles. The molecule has 2 rings (SSSR count). The summed E-state index contributed by atoms with van der Waals surface area (Å²) in [4.78, 5) is 0. The van der Waals surface area contributed by atoms with Gasteiger partial charge in [-0.1, -0.05) is 31.0 Å². The summed E-state index contributed by atoms with van der Waals surface area (Å²) in [5, 5.41) is 19.4. The van der Waals surface area contributed by atoms with E-state index in [9.17, 15) is 13.5 Å². The minimum atomic E-state index is -3.55. The van der Waals surface area contributed by atoms with Gasteiger partial charge in [0, 0.05) is 13.6 Å². The van der Waals surface area contributed by atoms with Crippen LogP contribution in [0, 0.1) is 11.3 Å². The molecular formula is C15H20N2O3S. The molecule has 0 heterocycles. The molecule has 21 heavy (non-hydrogen) atoms. The highest BCUT2D eigenvalue weighted by Gasteiger charge is 2.35. The predicted molar refractivity (Wildman–Crippen MR) is 79.8 cm³/mol. The van der Waals surface area contributed by atoms with Crippen molar-refractivity contribution < 1.29 is 13.5 Å². The van der Waals surface area contributed by atoms with Crippen molar-refractivity contribution in [3.05, 3.63) is 35.4 Å². The number of nitrogens with zero attached hydrogens (tertiary/aromatic N) is 2. The van der Waals surface area contributed by atoms with E-state index in [1.54, 1.807) is 24.3 Å². The molecule has 0 bridgehead atoms. The fourth-order valence-electron chi connectivity index (χ4n) is 2.77. The lowest BCUT2D eigenvalue weighted by Crippen LogP contribution is -2.42. The van der Waals surface area contributed by atoms with E-state index < -0.39 is 15.6 Å². The van der Waals surface area contributed by atoms with Crippen molar-refractivity contribution in [3.8, 4) is 6.07 Å². The highest BCUT2D eigenvalue weighted by molar-refractivity contribution is 7.88. The van der Waals surface area contributed by atoms with Crippen LogP contribution in [-0.2, 0) is 15.8 Å². The molecule has 1 N–H and O–H groups in total. The van der Waals surface area contributed by atoms with Crippen LogP contribution in [0.15, 0.2) is 24.3 Å². The molecule has 1 saturated carbocycles. The van der Waals surface area contributed by atoms with E-state index in [1.165, 1.54) is 11.4 Å². The minimum absolute atomic E-state index is 0.115. The lowest BCUT2D eigenvalue weighted by Gasteiger charge is -2.28. The first-order valence-electron chi connectivity index (χ1n) is 7.01. The minimum Gasteiger partial charge on any atom is -0.389 e. The molecular weight excluding hydrogens is 288 g/mol. The summed E-state index contributed by atoms with van der Waals surface area (Å²) in [6, 6.07) is 8.69. The van der Waals surface area contributed by atoms with Crippen molar-refractivity contribution in [1.29, 1.82) is 5.26 Å². The first-order valence-corrected chi connectivity index (χ1v) is 8.62. The molecule has 1 aromatic carbocycles. The number of likely N-dealkylation sites (N-methyl/N-ethyl adjacent to an activating group) is 1. The normalized spacial score (nSPS) is 17.8. The molecule has 1 fully saturated rings. The zero-order chi connectivity index (χ0) is 15.5. The van der Waals surface area contributed by atoms with Gasteiger partial charge in [0.05, 0.1) is 23.0 Å². The maximum Gasteiger partial charge on any atom is 0.218 e. The topological polar surface area (TPSA) is 81.4 Å². The molecule has 1 aromatic rings. The smallest absolute Gasteiger partial charge is 0.218 e. The molecule has 114 valence electrons. The monoisotopic (exact) mass is 308 g/mol. The number of benzene rings is 1. The highest BCUT2D eigenvalue weighted by atomic mass is 32.2. The lowest BCUT2D eigenvalue weighted by molar-refractivity contribution is 0.0333. The average molecular weight is 308 g/mol. The number of nitriles is 1. The summed E-state index contributed by atoms with van der Waals surface area (Å²) in [5.74, 6) is -0.219. The highest BCUT2D eigenvalue weighted by Crippen LogP contribution is 2.30. The Morgan fingerprint density at radius 1 is 1.33 bits per heavy atom. The SMILES string of the molecule is CN(CC1(O)CCCC1)S(=O)(=O)Cc1ccccc1C#N. The van der Waals surface area contributed by atoms with Crippen LogP contribution in [0.4, 0.5) is 0 Å². The van der Waals surface area contributed by atoms with Gasteiger partial charge in [-0.05, 0) is 24.5 Å². The van der Waals surface area contributed by atoms with Gasteiger partial charge in [-0.15, -0.1) is 0 Å². The van der Waals surface area contributed by atoms with E-state index in [4.69, 9.17) is 5.26 Å². The van der Waals surface area contributed by atoms with Crippen molar-refractivity contribution in [2.45, 2.75) is 37.0 Å². The third-order valence-electron chi connectivity index (χ3n) is 4.00. The van der Waals surface area contributed by atoms with Gasteiger partial charge in [0.25, 0.3) is 0 Å².